The molecule has 0 aliphatic carbocycles. The van der Waals surface area contributed by atoms with Gasteiger partial charge in [0, 0.05) is 5.56 Å². The van der Waals surface area contributed by atoms with Crippen LogP contribution in [0.4, 0.5) is 0 Å². The molecule has 0 amide bonds. The minimum Gasteiger partial charge on any atom is -0.507 e. The maximum absolute atomic E-state index is 9.89. The molecule has 0 spiro atoms. The van der Waals surface area contributed by atoms with E-state index in [4.69, 9.17) is 9.15 Å². The van der Waals surface area contributed by atoms with E-state index in [0.29, 0.717) is 11.5 Å². The molecule has 5 nitrogen and oxygen atoms in total. The molecule has 3 aromatic carbocycles. The van der Waals surface area contributed by atoms with Crippen molar-refractivity contribution in [3.8, 4) is 34.4 Å². The molecular formula is C19H14N2O3. The van der Waals surface area contributed by atoms with Gasteiger partial charge in [0.1, 0.15) is 11.5 Å². The van der Waals surface area contributed by atoms with Crippen LogP contribution in [-0.4, -0.2) is 22.4 Å². The number of fused-ring (bicyclic) bond motifs is 1. The van der Waals surface area contributed by atoms with Crippen LogP contribution in [0.25, 0.3) is 33.7 Å². The molecule has 1 heterocycles. The molecule has 4 aromatic rings. The number of methoxy groups -OCH3 is 1. The van der Waals surface area contributed by atoms with Crippen LogP contribution in [0.5, 0.6) is 11.5 Å². The molecule has 0 atom stereocenters. The van der Waals surface area contributed by atoms with E-state index >= 15 is 0 Å². The lowest BCUT2D eigenvalue weighted by molar-refractivity contribution is 0.415. The number of phenolic OH excluding ortho intramolecular Hbond substituents is 1. The van der Waals surface area contributed by atoms with E-state index in [1.807, 2.05) is 42.5 Å². The Morgan fingerprint density at radius 1 is 0.875 bits per heavy atom. The summed E-state index contributed by atoms with van der Waals surface area (Å²) in [5, 5.41) is 20.1. The summed E-state index contributed by atoms with van der Waals surface area (Å²) in [6, 6.07) is 18.6. The largest absolute Gasteiger partial charge is 0.507 e. The number of para-hydroxylation sites is 1. The molecule has 24 heavy (non-hydrogen) atoms. The predicted octanol–water partition coefficient (Wildman–Crippen LogP) is 4.27. The van der Waals surface area contributed by atoms with E-state index in [1.54, 1.807) is 25.3 Å². The van der Waals surface area contributed by atoms with Gasteiger partial charge in [0.2, 0.25) is 5.89 Å². The molecule has 1 aromatic heterocycles. The van der Waals surface area contributed by atoms with Crippen LogP contribution in [0.15, 0.2) is 65.1 Å². The van der Waals surface area contributed by atoms with Crippen LogP contribution < -0.4 is 4.74 Å². The Kier molecular flexibility index (Phi) is 3.39. The summed E-state index contributed by atoms with van der Waals surface area (Å²) >= 11 is 0. The lowest BCUT2D eigenvalue weighted by atomic mass is 10.1. The van der Waals surface area contributed by atoms with Crippen LogP contribution in [0.2, 0.25) is 0 Å². The van der Waals surface area contributed by atoms with Crippen molar-refractivity contribution in [1.82, 2.24) is 10.2 Å². The van der Waals surface area contributed by atoms with Crippen molar-refractivity contribution in [2.24, 2.45) is 0 Å². The quantitative estimate of drug-likeness (QED) is 0.611. The van der Waals surface area contributed by atoms with E-state index in [9.17, 15) is 5.11 Å². The van der Waals surface area contributed by atoms with Gasteiger partial charge in [0.05, 0.1) is 12.7 Å². The molecule has 0 unspecified atom stereocenters. The molecule has 1 N–H and O–H groups in total. The van der Waals surface area contributed by atoms with Crippen LogP contribution >= 0.6 is 0 Å². The Bertz CT molecular complexity index is 1020. The first kappa shape index (κ1) is 14.3. The lowest BCUT2D eigenvalue weighted by Crippen LogP contribution is -1.83. The third-order valence-electron chi connectivity index (χ3n) is 3.85. The van der Waals surface area contributed by atoms with Crippen molar-refractivity contribution in [1.29, 1.82) is 0 Å². The van der Waals surface area contributed by atoms with Gasteiger partial charge in [-0.05, 0) is 47.2 Å². The highest BCUT2D eigenvalue weighted by Gasteiger charge is 2.13. The van der Waals surface area contributed by atoms with E-state index in [1.165, 1.54) is 0 Å². The van der Waals surface area contributed by atoms with Gasteiger partial charge in [-0.2, -0.15) is 0 Å². The zero-order valence-electron chi connectivity index (χ0n) is 12.9. The molecule has 5 heteroatoms. The van der Waals surface area contributed by atoms with E-state index in [2.05, 4.69) is 10.2 Å². The molecular weight excluding hydrogens is 304 g/mol. The fraction of sp³-hybridized carbons (Fsp3) is 0.0526. The van der Waals surface area contributed by atoms with Gasteiger partial charge in [-0.25, -0.2) is 0 Å². The predicted molar refractivity (Wildman–Crippen MR) is 90.9 cm³/mol. The monoisotopic (exact) mass is 318 g/mol. The van der Waals surface area contributed by atoms with Gasteiger partial charge in [-0.3, -0.25) is 0 Å². The fourth-order valence-electron chi connectivity index (χ4n) is 2.59. The highest BCUT2D eigenvalue weighted by atomic mass is 16.5. The Labute approximate surface area is 138 Å². The first-order chi connectivity index (χ1) is 11.7. The summed E-state index contributed by atoms with van der Waals surface area (Å²) in [6.45, 7) is 0. The molecule has 0 radical (unpaired) electrons. The third kappa shape index (κ3) is 2.46. The Morgan fingerprint density at radius 2 is 1.62 bits per heavy atom. The summed E-state index contributed by atoms with van der Waals surface area (Å²) in [7, 11) is 1.65. The minimum absolute atomic E-state index is 0.110. The average Bonchev–Trinajstić information content (AvgIpc) is 3.11. The molecule has 0 bridgehead atoms. The van der Waals surface area contributed by atoms with E-state index < -0.39 is 0 Å². The fourth-order valence-corrected chi connectivity index (χ4v) is 2.59. The van der Waals surface area contributed by atoms with Gasteiger partial charge >= 0.3 is 0 Å². The van der Waals surface area contributed by atoms with Crippen molar-refractivity contribution < 1.29 is 14.3 Å². The summed E-state index contributed by atoms with van der Waals surface area (Å²) in [4.78, 5) is 0. The van der Waals surface area contributed by atoms with Crippen LogP contribution in [0, 0.1) is 0 Å². The average molecular weight is 318 g/mol. The summed E-state index contributed by atoms with van der Waals surface area (Å²) in [5.74, 6) is 1.62. The zero-order chi connectivity index (χ0) is 16.5. The lowest BCUT2D eigenvalue weighted by Gasteiger charge is -2.03. The van der Waals surface area contributed by atoms with Gasteiger partial charge in [-0.15, -0.1) is 10.2 Å². The Balaban J connectivity index is 1.74. The van der Waals surface area contributed by atoms with Crippen molar-refractivity contribution in [2.45, 2.75) is 0 Å². The zero-order valence-corrected chi connectivity index (χ0v) is 12.9. The van der Waals surface area contributed by atoms with Crippen molar-refractivity contribution in [3.05, 3.63) is 60.7 Å². The number of nitrogens with zero attached hydrogens (tertiary/aromatic N) is 2. The van der Waals surface area contributed by atoms with Crippen LogP contribution in [0.1, 0.15) is 0 Å². The molecule has 0 aliphatic rings. The van der Waals surface area contributed by atoms with Crippen molar-refractivity contribution in [2.75, 3.05) is 7.11 Å². The van der Waals surface area contributed by atoms with Crippen molar-refractivity contribution in [3.63, 3.8) is 0 Å². The highest BCUT2D eigenvalue weighted by molar-refractivity contribution is 5.87. The Morgan fingerprint density at radius 3 is 2.46 bits per heavy atom. The molecule has 0 saturated heterocycles. The van der Waals surface area contributed by atoms with Crippen LogP contribution in [-0.2, 0) is 0 Å². The molecule has 0 aliphatic heterocycles. The van der Waals surface area contributed by atoms with Crippen LogP contribution in [0.3, 0.4) is 0 Å². The number of benzene rings is 3. The smallest absolute Gasteiger partial charge is 0.251 e. The number of aromatic hydroxyl groups is 1. The molecule has 0 fully saturated rings. The van der Waals surface area contributed by atoms with Gasteiger partial charge in [0.25, 0.3) is 5.89 Å². The third-order valence-corrected chi connectivity index (χ3v) is 3.85. The number of aromatic nitrogens is 2. The topological polar surface area (TPSA) is 68.4 Å². The Hall–Kier alpha value is -3.34. The first-order valence-electron chi connectivity index (χ1n) is 7.44. The second-order valence-electron chi connectivity index (χ2n) is 5.36. The van der Waals surface area contributed by atoms with Gasteiger partial charge < -0.3 is 14.3 Å². The molecule has 0 saturated carbocycles. The minimum atomic E-state index is 0.110. The number of rotatable bonds is 3. The summed E-state index contributed by atoms with van der Waals surface area (Å²) < 4.78 is 11.0. The highest BCUT2D eigenvalue weighted by Crippen LogP contribution is 2.31. The number of hydrogen-bond donors (Lipinski definition) is 1. The maximum atomic E-state index is 9.89. The SMILES string of the molecule is COc1ccc2cc(-c3nnc(-c4ccccc4O)o3)ccc2c1. The first-order valence-corrected chi connectivity index (χ1v) is 7.44. The number of hydrogen-bond acceptors (Lipinski definition) is 5. The second kappa shape index (κ2) is 5.70. The number of ether oxygens (including phenoxy) is 1. The standard InChI is InChI=1S/C19H14N2O3/c1-23-15-9-8-12-10-14(7-6-13(12)11-15)18-20-21-19(24-18)16-4-2-3-5-17(16)22/h2-11,22H,1H3. The van der Waals surface area contributed by atoms with E-state index in [0.717, 1.165) is 22.1 Å². The molecule has 118 valence electrons. The maximum Gasteiger partial charge on any atom is 0.251 e. The summed E-state index contributed by atoms with van der Waals surface area (Å²) in [6.07, 6.45) is 0. The van der Waals surface area contributed by atoms with Crippen molar-refractivity contribution >= 4 is 10.8 Å². The summed E-state index contributed by atoms with van der Waals surface area (Å²) in [5.41, 5.74) is 1.34. The number of phenols is 1. The van der Waals surface area contributed by atoms with Gasteiger partial charge in [-0.1, -0.05) is 24.3 Å². The second-order valence-corrected chi connectivity index (χ2v) is 5.36. The van der Waals surface area contributed by atoms with E-state index in [-0.39, 0.29) is 11.6 Å². The van der Waals surface area contributed by atoms with Gasteiger partial charge in [0.15, 0.2) is 0 Å². The normalized spacial score (nSPS) is 10.9. The molecule has 4 rings (SSSR count).